The highest BCUT2D eigenvalue weighted by Crippen LogP contribution is 2.32. The number of hydrogen-bond donors (Lipinski definition) is 1. The number of halogens is 1. The van der Waals surface area contributed by atoms with E-state index in [4.69, 9.17) is 9.47 Å². The number of ketones is 1. The number of fused-ring (bicyclic) bond motifs is 1. The summed E-state index contributed by atoms with van der Waals surface area (Å²) < 4.78 is 25.1. The molecule has 28 heavy (non-hydrogen) atoms. The molecule has 144 valence electrons. The maximum absolute atomic E-state index is 13.2. The zero-order chi connectivity index (χ0) is 19.3. The first-order valence-electron chi connectivity index (χ1n) is 8.59. The number of rotatable bonds is 6. The molecule has 2 aromatic carbocycles. The van der Waals surface area contributed by atoms with Crippen molar-refractivity contribution in [1.29, 1.82) is 0 Å². The molecule has 6 nitrogen and oxygen atoms in total. The van der Waals surface area contributed by atoms with Gasteiger partial charge in [0, 0.05) is 17.7 Å². The Morgan fingerprint density at radius 2 is 2.00 bits per heavy atom. The van der Waals surface area contributed by atoms with Gasteiger partial charge in [0.1, 0.15) is 5.82 Å². The van der Waals surface area contributed by atoms with Crippen molar-refractivity contribution in [3.63, 3.8) is 0 Å². The molecule has 2 heterocycles. The van der Waals surface area contributed by atoms with Crippen LogP contribution in [-0.4, -0.2) is 34.9 Å². The Labute approximate surface area is 169 Å². The summed E-state index contributed by atoms with van der Waals surface area (Å²) in [7, 11) is 0. The van der Waals surface area contributed by atoms with E-state index in [-0.39, 0.29) is 17.4 Å². The van der Waals surface area contributed by atoms with Crippen LogP contribution < -0.4 is 14.8 Å². The fourth-order valence-corrected chi connectivity index (χ4v) is 4.22. The highest BCUT2D eigenvalue weighted by molar-refractivity contribution is 8.01. The maximum Gasteiger partial charge on any atom is 0.210 e. The molecule has 9 heteroatoms. The van der Waals surface area contributed by atoms with E-state index in [9.17, 15) is 9.18 Å². The van der Waals surface area contributed by atoms with Gasteiger partial charge in [0.05, 0.1) is 19.0 Å². The average Bonchev–Trinajstić information content (AvgIpc) is 3.00. The van der Waals surface area contributed by atoms with E-state index in [0.29, 0.717) is 45.4 Å². The van der Waals surface area contributed by atoms with Crippen LogP contribution in [0.3, 0.4) is 0 Å². The number of aromatic nitrogens is 2. The van der Waals surface area contributed by atoms with Gasteiger partial charge in [-0.05, 0) is 36.4 Å². The molecule has 0 saturated carbocycles. The third-order valence-electron chi connectivity index (χ3n) is 3.88. The second kappa shape index (κ2) is 8.57. The number of benzene rings is 2. The lowest BCUT2D eigenvalue weighted by molar-refractivity contribution is 0.102. The van der Waals surface area contributed by atoms with Gasteiger partial charge in [-0.3, -0.25) is 4.79 Å². The lowest BCUT2D eigenvalue weighted by atomic mass is 10.1. The first-order chi connectivity index (χ1) is 13.7. The Morgan fingerprint density at radius 3 is 2.86 bits per heavy atom. The average molecular weight is 417 g/mol. The molecule has 0 radical (unpaired) electrons. The Kier molecular flexibility index (Phi) is 5.73. The predicted octanol–water partition coefficient (Wildman–Crippen LogP) is 4.56. The Balaban J connectivity index is 1.36. The van der Waals surface area contributed by atoms with Crippen LogP contribution in [0, 0.1) is 5.82 Å². The molecule has 0 atom stereocenters. The highest BCUT2D eigenvalue weighted by Gasteiger charge is 2.15. The number of anilines is 2. The van der Waals surface area contributed by atoms with Gasteiger partial charge in [0.2, 0.25) is 5.13 Å². The van der Waals surface area contributed by atoms with Crippen LogP contribution in [0.15, 0.2) is 46.8 Å². The largest absolute Gasteiger partial charge is 0.490 e. The summed E-state index contributed by atoms with van der Waals surface area (Å²) in [4.78, 5) is 12.5. The van der Waals surface area contributed by atoms with Gasteiger partial charge in [-0.25, -0.2) is 4.39 Å². The molecular weight excluding hydrogens is 401 g/mol. The molecule has 0 amide bonds. The molecule has 1 N–H and O–H groups in total. The van der Waals surface area contributed by atoms with Gasteiger partial charge in [0.25, 0.3) is 0 Å². The molecule has 1 aromatic heterocycles. The van der Waals surface area contributed by atoms with Crippen molar-refractivity contribution in [1.82, 2.24) is 10.2 Å². The van der Waals surface area contributed by atoms with Gasteiger partial charge in [-0.2, -0.15) is 0 Å². The van der Waals surface area contributed by atoms with Crippen molar-refractivity contribution < 1.29 is 18.7 Å². The van der Waals surface area contributed by atoms with Gasteiger partial charge >= 0.3 is 0 Å². The van der Waals surface area contributed by atoms with E-state index < -0.39 is 0 Å². The zero-order valence-corrected chi connectivity index (χ0v) is 16.3. The lowest BCUT2D eigenvalue weighted by Gasteiger charge is -2.08. The monoisotopic (exact) mass is 417 g/mol. The molecule has 0 bridgehead atoms. The normalized spacial score (nSPS) is 13.0. The predicted molar refractivity (Wildman–Crippen MR) is 107 cm³/mol. The fourth-order valence-electron chi connectivity index (χ4n) is 2.56. The van der Waals surface area contributed by atoms with Crippen molar-refractivity contribution >= 4 is 39.7 Å². The number of carbonyl (C=O) groups excluding carboxylic acids is 1. The fraction of sp³-hybridized carbons (Fsp3) is 0.211. The van der Waals surface area contributed by atoms with Crippen molar-refractivity contribution in [3.05, 3.63) is 53.8 Å². The molecule has 0 spiro atoms. The summed E-state index contributed by atoms with van der Waals surface area (Å²) in [5.41, 5.74) is 1.16. The van der Waals surface area contributed by atoms with Crippen molar-refractivity contribution in [2.75, 3.05) is 24.3 Å². The number of hydrogen-bond acceptors (Lipinski definition) is 8. The minimum Gasteiger partial charge on any atom is -0.490 e. The smallest absolute Gasteiger partial charge is 0.210 e. The SMILES string of the molecule is O=C(CSc1nnc(Nc2cccc(F)c2)s1)c1ccc2c(c1)OCCCO2. The van der Waals surface area contributed by atoms with Crippen molar-refractivity contribution in [2.45, 2.75) is 10.8 Å². The number of carbonyl (C=O) groups is 1. The standard InChI is InChI=1S/C19H16FN3O3S2/c20-13-3-1-4-14(10-13)21-18-22-23-19(28-18)27-11-15(24)12-5-6-16-17(9-12)26-8-2-7-25-16/h1,3-6,9-10H,2,7-8,11H2,(H,21,22). The molecule has 0 saturated heterocycles. The Morgan fingerprint density at radius 1 is 1.14 bits per heavy atom. The van der Waals surface area contributed by atoms with Crippen LogP contribution in [0.4, 0.5) is 15.2 Å². The van der Waals surface area contributed by atoms with Crippen molar-refractivity contribution in [3.8, 4) is 11.5 Å². The molecule has 0 fully saturated rings. The van der Waals surface area contributed by atoms with Gasteiger partial charge in [-0.1, -0.05) is 29.2 Å². The third kappa shape index (κ3) is 4.60. The van der Waals surface area contributed by atoms with E-state index in [1.165, 1.54) is 35.2 Å². The Hall–Kier alpha value is -2.65. The van der Waals surface area contributed by atoms with E-state index in [1.54, 1.807) is 30.3 Å². The number of ether oxygens (including phenoxy) is 2. The van der Waals surface area contributed by atoms with Crippen molar-refractivity contribution in [2.24, 2.45) is 0 Å². The molecule has 0 unspecified atom stereocenters. The van der Waals surface area contributed by atoms with Crippen LogP contribution in [0.2, 0.25) is 0 Å². The highest BCUT2D eigenvalue weighted by atomic mass is 32.2. The second-order valence-corrected chi connectivity index (χ2v) is 8.13. The number of thioether (sulfide) groups is 1. The molecule has 1 aliphatic rings. The Bertz CT molecular complexity index is 996. The van der Waals surface area contributed by atoms with Crippen LogP contribution in [-0.2, 0) is 0 Å². The number of Topliss-reactive ketones (excluding diaryl/α,β-unsaturated/α-hetero) is 1. The summed E-state index contributed by atoms with van der Waals surface area (Å²) >= 11 is 2.62. The number of nitrogens with one attached hydrogen (secondary N) is 1. The summed E-state index contributed by atoms with van der Waals surface area (Å²) in [6.45, 7) is 1.18. The molecule has 0 aliphatic carbocycles. The number of nitrogens with zero attached hydrogens (tertiary/aromatic N) is 2. The molecule has 4 rings (SSSR count). The van der Waals surface area contributed by atoms with Gasteiger partial charge in [0.15, 0.2) is 21.6 Å². The third-order valence-corrected chi connectivity index (χ3v) is 5.85. The second-order valence-electron chi connectivity index (χ2n) is 5.93. The summed E-state index contributed by atoms with van der Waals surface area (Å²) in [5, 5.41) is 11.6. The minimum absolute atomic E-state index is 0.0320. The van der Waals surface area contributed by atoms with E-state index in [0.717, 1.165) is 6.42 Å². The van der Waals surface area contributed by atoms with E-state index in [2.05, 4.69) is 15.5 Å². The minimum atomic E-state index is -0.329. The van der Waals surface area contributed by atoms with Crippen LogP contribution in [0.25, 0.3) is 0 Å². The maximum atomic E-state index is 13.2. The van der Waals surface area contributed by atoms with E-state index in [1.807, 2.05) is 0 Å². The molecular formula is C19H16FN3O3S2. The first-order valence-corrected chi connectivity index (χ1v) is 10.4. The molecule has 1 aliphatic heterocycles. The quantitative estimate of drug-likeness (QED) is 0.466. The zero-order valence-electron chi connectivity index (χ0n) is 14.7. The molecule has 3 aromatic rings. The van der Waals surface area contributed by atoms with Crippen LogP contribution >= 0.6 is 23.1 Å². The van der Waals surface area contributed by atoms with Crippen LogP contribution in [0.5, 0.6) is 11.5 Å². The summed E-state index contributed by atoms with van der Waals surface area (Å²) in [6, 6.07) is 11.3. The topological polar surface area (TPSA) is 73.3 Å². The van der Waals surface area contributed by atoms with Gasteiger partial charge in [-0.15, -0.1) is 10.2 Å². The summed E-state index contributed by atoms with van der Waals surface area (Å²) in [5.74, 6) is 1.14. The van der Waals surface area contributed by atoms with Gasteiger partial charge < -0.3 is 14.8 Å². The first kappa shape index (κ1) is 18.7. The lowest BCUT2D eigenvalue weighted by Crippen LogP contribution is -2.03. The van der Waals surface area contributed by atoms with Crippen LogP contribution in [0.1, 0.15) is 16.8 Å². The van der Waals surface area contributed by atoms with E-state index >= 15 is 0 Å². The summed E-state index contributed by atoms with van der Waals surface area (Å²) in [6.07, 6.45) is 0.816.